The van der Waals surface area contributed by atoms with Gasteiger partial charge < -0.3 is 4.74 Å². The van der Waals surface area contributed by atoms with Crippen LogP contribution in [0.15, 0.2) is 0 Å². The van der Waals surface area contributed by atoms with E-state index < -0.39 is 8.80 Å². The predicted octanol–water partition coefficient (Wildman–Crippen LogP) is 3.39. The van der Waals surface area contributed by atoms with Crippen molar-refractivity contribution in [2.45, 2.75) is 64.3 Å². The van der Waals surface area contributed by atoms with Crippen LogP contribution in [-0.4, -0.2) is 21.6 Å². The second-order valence-electron chi connectivity index (χ2n) is 4.22. The summed E-state index contributed by atoms with van der Waals surface area (Å²) in [4.78, 5) is 0. The monoisotopic (exact) mass is 202 g/mol. The van der Waals surface area contributed by atoms with E-state index in [0.717, 1.165) is 0 Å². The lowest BCUT2D eigenvalue weighted by atomic mass is 10.1. The van der Waals surface area contributed by atoms with E-state index >= 15 is 0 Å². The van der Waals surface area contributed by atoms with Crippen molar-refractivity contribution in [3.8, 4) is 0 Å². The highest BCUT2D eigenvalue weighted by molar-refractivity contribution is 6.57. The van der Waals surface area contributed by atoms with E-state index in [4.69, 9.17) is 4.74 Å². The molecule has 0 aliphatic carbocycles. The lowest BCUT2D eigenvalue weighted by molar-refractivity contribution is 0.151. The quantitative estimate of drug-likeness (QED) is 0.433. The number of unbranched alkanes of at least 4 members (excludes halogenated alkanes) is 4. The smallest absolute Gasteiger partial charge is 0.0655 e. The molecule has 0 fully saturated rings. The molecule has 0 rings (SSSR count). The van der Waals surface area contributed by atoms with Gasteiger partial charge in [-0.05, 0) is 6.42 Å². The minimum absolute atomic E-state index is 0.567. The Hall–Kier alpha value is 0.177. The zero-order valence-electron chi connectivity index (χ0n) is 9.81. The molecule has 13 heavy (non-hydrogen) atoms. The summed E-state index contributed by atoms with van der Waals surface area (Å²) in [6.07, 6.45) is 8.21. The molecular formula is C11H26OSi. The largest absolute Gasteiger partial charge is 0.385 e. The van der Waals surface area contributed by atoms with Gasteiger partial charge in [0.2, 0.25) is 0 Å². The molecule has 0 aromatic carbocycles. The van der Waals surface area contributed by atoms with Gasteiger partial charge >= 0.3 is 0 Å². The van der Waals surface area contributed by atoms with Gasteiger partial charge in [-0.1, -0.05) is 52.1 Å². The molecular weight excluding hydrogens is 176 g/mol. The summed E-state index contributed by atoms with van der Waals surface area (Å²) in [6.45, 7) is 7.01. The Morgan fingerprint density at radius 1 is 1.08 bits per heavy atom. The van der Waals surface area contributed by atoms with Crippen LogP contribution < -0.4 is 0 Å². The van der Waals surface area contributed by atoms with Gasteiger partial charge in [-0.2, -0.15) is 0 Å². The fourth-order valence-electron chi connectivity index (χ4n) is 1.67. The van der Waals surface area contributed by atoms with Gasteiger partial charge in [0.05, 0.1) is 8.80 Å². The summed E-state index contributed by atoms with van der Waals surface area (Å²) >= 11 is 0. The van der Waals surface area contributed by atoms with Crippen LogP contribution in [0.4, 0.5) is 0 Å². The summed E-state index contributed by atoms with van der Waals surface area (Å²) in [5.74, 6) is 0. The summed E-state index contributed by atoms with van der Waals surface area (Å²) in [5.41, 5.74) is 0.613. The zero-order valence-corrected chi connectivity index (χ0v) is 11.0. The number of rotatable bonds is 8. The summed E-state index contributed by atoms with van der Waals surface area (Å²) in [6, 6.07) is 0. The molecule has 0 bridgehead atoms. The molecule has 0 heterocycles. The summed E-state index contributed by atoms with van der Waals surface area (Å²) in [5, 5.41) is 0. The number of hydrogen-bond donors (Lipinski definition) is 0. The van der Waals surface area contributed by atoms with E-state index in [2.05, 4.69) is 20.0 Å². The standard InChI is InChI=1S/C11H26OSi/c1-5-6-7-8-9-10-11(12-2)13(3)4/h11,13H,5-10H2,1-4H3. The third-order valence-electron chi connectivity index (χ3n) is 2.64. The SMILES string of the molecule is CCCCCCCC(OC)[SiH](C)C. The minimum Gasteiger partial charge on any atom is -0.385 e. The van der Waals surface area contributed by atoms with Gasteiger partial charge in [0, 0.05) is 12.8 Å². The second kappa shape index (κ2) is 8.76. The van der Waals surface area contributed by atoms with Crippen molar-refractivity contribution in [1.29, 1.82) is 0 Å². The molecule has 0 aliphatic heterocycles. The molecule has 1 atom stereocenters. The van der Waals surface area contributed by atoms with Crippen LogP contribution >= 0.6 is 0 Å². The first-order valence-electron chi connectivity index (χ1n) is 5.75. The van der Waals surface area contributed by atoms with Gasteiger partial charge in [0.25, 0.3) is 0 Å². The number of methoxy groups -OCH3 is 1. The van der Waals surface area contributed by atoms with Crippen molar-refractivity contribution in [3.05, 3.63) is 0 Å². The summed E-state index contributed by atoms with van der Waals surface area (Å²) in [7, 11) is 1.30. The molecule has 0 radical (unpaired) electrons. The maximum Gasteiger partial charge on any atom is 0.0655 e. The summed E-state index contributed by atoms with van der Waals surface area (Å²) < 4.78 is 5.48. The van der Waals surface area contributed by atoms with E-state index in [1.807, 2.05) is 7.11 Å². The van der Waals surface area contributed by atoms with Crippen LogP contribution in [0.1, 0.15) is 45.4 Å². The average molecular weight is 202 g/mol. The van der Waals surface area contributed by atoms with Gasteiger partial charge in [-0.25, -0.2) is 0 Å². The van der Waals surface area contributed by atoms with Crippen molar-refractivity contribution in [3.63, 3.8) is 0 Å². The van der Waals surface area contributed by atoms with E-state index in [9.17, 15) is 0 Å². The number of hydrogen-bond acceptors (Lipinski definition) is 1. The van der Waals surface area contributed by atoms with Crippen molar-refractivity contribution < 1.29 is 4.74 Å². The molecule has 0 spiro atoms. The van der Waals surface area contributed by atoms with E-state index in [0.29, 0.717) is 5.73 Å². The van der Waals surface area contributed by atoms with Gasteiger partial charge in [-0.15, -0.1) is 0 Å². The molecule has 0 aromatic rings. The highest BCUT2D eigenvalue weighted by atomic mass is 28.3. The maximum atomic E-state index is 5.48. The van der Waals surface area contributed by atoms with E-state index in [-0.39, 0.29) is 0 Å². The molecule has 0 saturated heterocycles. The van der Waals surface area contributed by atoms with Crippen molar-refractivity contribution in [1.82, 2.24) is 0 Å². The van der Waals surface area contributed by atoms with E-state index in [1.165, 1.54) is 38.5 Å². The van der Waals surface area contributed by atoms with Crippen LogP contribution in [0.2, 0.25) is 13.1 Å². The molecule has 80 valence electrons. The Morgan fingerprint density at radius 2 is 1.69 bits per heavy atom. The van der Waals surface area contributed by atoms with Crippen LogP contribution in [0.5, 0.6) is 0 Å². The lowest BCUT2D eigenvalue weighted by Crippen LogP contribution is -2.26. The fraction of sp³-hybridized carbons (Fsp3) is 1.00. The van der Waals surface area contributed by atoms with Gasteiger partial charge in [0.15, 0.2) is 0 Å². The predicted molar refractivity (Wildman–Crippen MR) is 63.1 cm³/mol. The molecule has 2 heteroatoms. The zero-order chi connectivity index (χ0) is 10.1. The van der Waals surface area contributed by atoms with Crippen molar-refractivity contribution >= 4 is 8.80 Å². The Kier molecular flexibility index (Phi) is 8.88. The Morgan fingerprint density at radius 3 is 2.15 bits per heavy atom. The molecule has 1 unspecified atom stereocenters. The fourth-order valence-corrected chi connectivity index (χ4v) is 3.12. The normalized spacial score (nSPS) is 13.6. The van der Waals surface area contributed by atoms with Crippen molar-refractivity contribution in [2.24, 2.45) is 0 Å². The van der Waals surface area contributed by atoms with Gasteiger partial charge in [-0.3, -0.25) is 0 Å². The lowest BCUT2D eigenvalue weighted by Gasteiger charge is -2.17. The average Bonchev–Trinajstić information content (AvgIpc) is 2.10. The first-order chi connectivity index (χ1) is 6.22. The molecule has 0 aromatic heterocycles. The van der Waals surface area contributed by atoms with E-state index in [1.54, 1.807) is 0 Å². The van der Waals surface area contributed by atoms with Crippen molar-refractivity contribution in [2.75, 3.05) is 7.11 Å². The Bertz CT molecular complexity index is 104. The molecule has 1 nitrogen and oxygen atoms in total. The molecule has 0 N–H and O–H groups in total. The maximum absolute atomic E-state index is 5.48. The molecule has 0 aliphatic rings. The van der Waals surface area contributed by atoms with Gasteiger partial charge in [0.1, 0.15) is 0 Å². The first kappa shape index (κ1) is 13.2. The van der Waals surface area contributed by atoms with Crippen LogP contribution in [-0.2, 0) is 4.74 Å². The van der Waals surface area contributed by atoms with Crippen LogP contribution in [0.3, 0.4) is 0 Å². The first-order valence-corrected chi connectivity index (χ1v) is 8.72. The molecule has 0 amide bonds. The Labute approximate surface area is 85.5 Å². The molecule has 0 saturated carbocycles. The highest BCUT2D eigenvalue weighted by Crippen LogP contribution is 2.10. The highest BCUT2D eigenvalue weighted by Gasteiger charge is 2.11. The third-order valence-corrected chi connectivity index (χ3v) is 4.73. The third kappa shape index (κ3) is 7.26. The number of ether oxygens (including phenoxy) is 1. The minimum atomic E-state index is -0.567. The van der Waals surface area contributed by atoms with Crippen LogP contribution in [0, 0.1) is 0 Å². The topological polar surface area (TPSA) is 9.23 Å². The van der Waals surface area contributed by atoms with Crippen LogP contribution in [0.25, 0.3) is 0 Å². The Balaban J connectivity index is 3.28. The second-order valence-corrected chi connectivity index (χ2v) is 7.45.